The summed E-state index contributed by atoms with van der Waals surface area (Å²) in [6.07, 6.45) is 0.670. The highest BCUT2D eigenvalue weighted by Gasteiger charge is 2.25. The molecule has 4 N–H and O–H groups in total. The molecular formula is C15H28N4O. The average molecular weight is 280 g/mol. The molecule has 0 spiro atoms. The first kappa shape index (κ1) is 16.7. The molecule has 0 bridgehead atoms. The summed E-state index contributed by atoms with van der Waals surface area (Å²) in [5.74, 6) is 2.26. The second-order valence-electron chi connectivity index (χ2n) is 6.67. The second kappa shape index (κ2) is 6.39. The Balaban J connectivity index is 3.11. The number of aliphatic hydroxyl groups is 1. The van der Waals surface area contributed by atoms with Crippen molar-refractivity contribution in [3.8, 4) is 0 Å². The van der Waals surface area contributed by atoms with Crippen LogP contribution in [0.25, 0.3) is 0 Å². The van der Waals surface area contributed by atoms with Crippen LogP contribution in [0.1, 0.15) is 58.3 Å². The molecule has 0 aliphatic heterocycles. The van der Waals surface area contributed by atoms with Crippen molar-refractivity contribution in [1.29, 1.82) is 0 Å². The van der Waals surface area contributed by atoms with Crippen molar-refractivity contribution in [2.75, 3.05) is 17.7 Å². The van der Waals surface area contributed by atoms with Crippen LogP contribution in [0.4, 0.5) is 11.6 Å². The third-order valence-corrected chi connectivity index (χ3v) is 3.49. The number of anilines is 2. The number of nitrogens with one attached hydrogen (secondary N) is 1. The Kier molecular flexibility index (Phi) is 5.34. The van der Waals surface area contributed by atoms with Crippen molar-refractivity contribution < 1.29 is 5.11 Å². The van der Waals surface area contributed by atoms with Gasteiger partial charge in [-0.25, -0.2) is 9.97 Å². The lowest BCUT2D eigenvalue weighted by molar-refractivity contribution is 0.235. The molecule has 20 heavy (non-hydrogen) atoms. The van der Waals surface area contributed by atoms with Gasteiger partial charge < -0.3 is 16.2 Å². The van der Waals surface area contributed by atoms with E-state index in [9.17, 15) is 5.11 Å². The Morgan fingerprint density at radius 3 is 2.30 bits per heavy atom. The highest BCUT2D eigenvalue weighted by atomic mass is 16.3. The van der Waals surface area contributed by atoms with Crippen LogP contribution in [-0.4, -0.2) is 27.7 Å². The van der Waals surface area contributed by atoms with Gasteiger partial charge in [-0.15, -0.1) is 0 Å². The normalized spacial score (nSPS) is 13.6. The largest absolute Gasteiger partial charge is 0.396 e. The van der Waals surface area contributed by atoms with Crippen molar-refractivity contribution >= 4 is 11.6 Å². The van der Waals surface area contributed by atoms with E-state index >= 15 is 0 Å². The molecule has 1 rings (SSSR count). The van der Waals surface area contributed by atoms with Crippen LogP contribution in [0.15, 0.2) is 0 Å². The van der Waals surface area contributed by atoms with Crippen LogP contribution in [0.2, 0.25) is 0 Å². The molecule has 1 heterocycles. The lowest BCUT2D eigenvalue weighted by Crippen LogP contribution is -2.35. The SMILES string of the molecule is Cc1c(N)nc(C(C)C)nc1NC(CCO)C(C)(C)C. The molecule has 5 heteroatoms. The zero-order valence-electron chi connectivity index (χ0n) is 13.5. The molecule has 1 aromatic heterocycles. The van der Waals surface area contributed by atoms with E-state index in [-0.39, 0.29) is 24.0 Å². The van der Waals surface area contributed by atoms with Gasteiger partial charge in [-0.1, -0.05) is 34.6 Å². The fraction of sp³-hybridized carbons (Fsp3) is 0.733. The minimum Gasteiger partial charge on any atom is -0.396 e. The molecule has 1 aromatic rings. The summed E-state index contributed by atoms with van der Waals surface area (Å²) in [5.41, 5.74) is 6.86. The molecule has 1 atom stereocenters. The van der Waals surface area contributed by atoms with Crippen molar-refractivity contribution in [2.45, 2.75) is 59.9 Å². The zero-order valence-corrected chi connectivity index (χ0v) is 13.5. The third kappa shape index (κ3) is 4.07. The highest BCUT2D eigenvalue weighted by Crippen LogP contribution is 2.28. The maximum Gasteiger partial charge on any atom is 0.135 e. The van der Waals surface area contributed by atoms with Crippen LogP contribution >= 0.6 is 0 Å². The lowest BCUT2D eigenvalue weighted by Gasteiger charge is -2.32. The Morgan fingerprint density at radius 1 is 1.25 bits per heavy atom. The van der Waals surface area contributed by atoms with Gasteiger partial charge in [-0.2, -0.15) is 0 Å². The van der Waals surface area contributed by atoms with Gasteiger partial charge in [0.2, 0.25) is 0 Å². The molecule has 0 saturated heterocycles. The summed E-state index contributed by atoms with van der Waals surface area (Å²) in [5, 5.41) is 12.7. The topological polar surface area (TPSA) is 84.1 Å². The monoisotopic (exact) mass is 280 g/mol. The first-order valence-electron chi connectivity index (χ1n) is 7.18. The molecule has 0 fully saturated rings. The predicted octanol–water partition coefficient (Wildman–Crippen LogP) is 2.70. The number of nitrogens with zero attached hydrogens (tertiary/aromatic N) is 2. The smallest absolute Gasteiger partial charge is 0.135 e. The maximum absolute atomic E-state index is 9.25. The van der Waals surface area contributed by atoms with Gasteiger partial charge >= 0.3 is 0 Å². The van der Waals surface area contributed by atoms with E-state index < -0.39 is 0 Å². The summed E-state index contributed by atoms with van der Waals surface area (Å²) in [4.78, 5) is 8.91. The maximum atomic E-state index is 9.25. The Bertz CT molecular complexity index is 452. The van der Waals surface area contributed by atoms with Crippen molar-refractivity contribution in [3.63, 3.8) is 0 Å². The van der Waals surface area contributed by atoms with E-state index in [1.165, 1.54) is 0 Å². The van der Waals surface area contributed by atoms with Crippen LogP contribution in [0.3, 0.4) is 0 Å². The molecule has 1 unspecified atom stereocenters. The quantitative estimate of drug-likeness (QED) is 0.772. The van der Waals surface area contributed by atoms with Gasteiger partial charge in [0.05, 0.1) is 0 Å². The zero-order chi connectivity index (χ0) is 15.5. The van der Waals surface area contributed by atoms with Crippen molar-refractivity contribution in [2.24, 2.45) is 5.41 Å². The summed E-state index contributed by atoms with van der Waals surface area (Å²) in [7, 11) is 0. The summed E-state index contributed by atoms with van der Waals surface area (Å²) in [6.45, 7) is 12.6. The van der Waals surface area contributed by atoms with Gasteiger partial charge in [-0.3, -0.25) is 0 Å². The number of nitrogen functional groups attached to an aromatic ring is 1. The fourth-order valence-corrected chi connectivity index (χ4v) is 1.97. The molecule has 0 radical (unpaired) electrons. The molecule has 0 aromatic carbocycles. The van der Waals surface area contributed by atoms with E-state index in [1.807, 2.05) is 20.8 Å². The number of aliphatic hydroxyl groups excluding tert-OH is 1. The molecule has 0 aliphatic carbocycles. The van der Waals surface area contributed by atoms with E-state index in [1.54, 1.807) is 0 Å². The van der Waals surface area contributed by atoms with Gasteiger partial charge in [0.25, 0.3) is 0 Å². The highest BCUT2D eigenvalue weighted by molar-refractivity contribution is 5.55. The van der Waals surface area contributed by atoms with Crippen LogP contribution in [0.5, 0.6) is 0 Å². The van der Waals surface area contributed by atoms with Gasteiger partial charge in [0.1, 0.15) is 17.5 Å². The molecular weight excluding hydrogens is 252 g/mol. The molecule has 114 valence electrons. The van der Waals surface area contributed by atoms with Gasteiger partial charge in [-0.05, 0) is 18.8 Å². The van der Waals surface area contributed by atoms with Crippen molar-refractivity contribution in [1.82, 2.24) is 9.97 Å². The van der Waals surface area contributed by atoms with Crippen LogP contribution < -0.4 is 11.1 Å². The standard InChI is InChI=1S/C15H28N4O/c1-9(2)13-18-12(16)10(3)14(19-13)17-11(7-8-20)15(4,5)6/h9,11,20H,7-8H2,1-6H3,(H3,16,17,18,19). The molecule has 0 amide bonds. The Hall–Kier alpha value is -1.36. The number of hydrogen-bond donors (Lipinski definition) is 3. The first-order chi connectivity index (χ1) is 9.16. The number of nitrogens with two attached hydrogens (primary N) is 1. The van der Waals surface area contributed by atoms with Gasteiger partial charge in [0, 0.05) is 24.1 Å². The average Bonchev–Trinajstić information content (AvgIpc) is 2.32. The Labute approximate surface area is 122 Å². The number of aromatic nitrogens is 2. The summed E-state index contributed by atoms with van der Waals surface area (Å²) >= 11 is 0. The van der Waals surface area contributed by atoms with E-state index in [2.05, 4.69) is 36.1 Å². The minimum absolute atomic E-state index is 0.0207. The van der Waals surface area contributed by atoms with E-state index in [4.69, 9.17) is 5.73 Å². The molecule has 5 nitrogen and oxygen atoms in total. The summed E-state index contributed by atoms with van der Waals surface area (Å²) < 4.78 is 0. The predicted molar refractivity (Wildman–Crippen MR) is 83.8 cm³/mol. The van der Waals surface area contributed by atoms with Crippen LogP contribution in [-0.2, 0) is 0 Å². The molecule has 0 saturated carbocycles. The molecule has 0 aliphatic rings. The van der Waals surface area contributed by atoms with E-state index in [0.29, 0.717) is 12.2 Å². The summed E-state index contributed by atoms with van der Waals surface area (Å²) in [6, 6.07) is 0.125. The number of hydrogen-bond acceptors (Lipinski definition) is 5. The Morgan fingerprint density at radius 2 is 1.85 bits per heavy atom. The fourth-order valence-electron chi connectivity index (χ4n) is 1.97. The van der Waals surface area contributed by atoms with Crippen LogP contribution in [0, 0.1) is 12.3 Å². The number of rotatable bonds is 5. The van der Waals surface area contributed by atoms with Gasteiger partial charge in [0.15, 0.2) is 0 Å². The second-order valence-corrected chi connectivity index (χ2v) is 6.67. The third-order valence-electron chi connectivity index (χ3n) is 3.49. The van der Waals surface area contributed by atoms with Crippen molar-refractivity contribution in [3.05, 3.63) is 11.4 Å². The first-order valence-corrected chi connectivity index (χ1v) is 7.18. The van der Waals surface area contributed by atoms with E-state index in [0.717, 1.165) is 17.2 Å². The minimum atomic E-state index is 0.0207. The lowest BCUT2D eigenvalue weighted by atomic mass is 9.85.